The van der Waals surface area contributed by atoms with Crippen molar-refractivity contribution in [1.82, 2.24) is 9.96 Å². The van der Waals surface area contributed by atoms with Gasteiger partial charge in [-0.3, -0.25) is 29.3 Å². The van der Waals surface area contributed by atoms with Gasteiger partial charge in [-0.1, -0.05) is 64.0 Å². The average molecular weight is 650 g/mol. The molecule has 0 radical (unpaired) electrons. The summed E-state index contributed by atoms with van der Waals surface area (Å²) in [6.45, 7) is 0.255. The third-order valence-electron chi connectivity index (χ3n) is 8.55. The first-order valence-corrected chi connectivity index (χ1v) is 14.5. The van der Waals surface area contributed by atoms with Crippen LogP contribution in [0.25, 0.3) is 0 Å². The molecule has 6 atom stereocenters. The zero-order chi connectivity index (χ0) is 28.6. The number of aromatic hydroxyl groups is 1. The van der Waals surface area contributed by atoms with Gasteiger partial charge < -0.3 is 9.84 Å². The van der Waals surface area contributed by atoms with Gasteiger partial charge in [0.1, 0.15) is 18.1 Å². The second-order valence-electron chi connectivity index (χ2n) is 10.5. The van der Waals surface area contributed by atoms with Gasteiger partial charge in [0.25, 0.3) is 23.6 Å². The van der Waals surface area contributed by atoms with Crippen molar-refractivity contribution in [3.05, 3.63) is 71.3 Å². The minimum atomic E-state index is -2.04. The van der Waals surface area contributed by atoms with E-state index in [1.165, 1.54) is 6.07 Å². The molecule has 2 aliphatic carbocycles. The fourth-order valence-corrected chi connectivity index (χ4v) is 8.10. The second-order valence-corrected chi connectivity index (χ2v) is 12.2. The average Bonchev–Trinajstić information content (AvgIpc) is 3.25. The van der Waals surface area contributed by atoms with E-state index in [0.29, 0.717) is 11.3 Å². The topological polar surface area (TPSA) is 124 Å². The van der Waals surface area contributed by atoms with E-state index in [1.807, 2.05) is 30.3 Å². The van der Waals surface area contributed by atoms with Crippen LogP contribution in [0.1, 0.15) is 29.9 Å². The van der Waals surface area contributed by atoms with Crippen molar-refractivity contribution in [1.29, 1.82) is 0 Å². The number of imide groups is 2. The molecule has 2 saturated heterocycles. The third kappa shape index (κ3) is 3.62. The van der Waals surface area contributed by atoms with E-state index in [2.05, 4.69) is 15.9 Å². The van der Waals surface area contributed by atoms with Gasteiger partial charge in [0, 0.05) is 17.5 Å². The molecule has 6 rings (SSSR count). The summed E-state index contributed by atoms with van der Waals surface area (Å²) in [4.78, 5) is 49.8. The molecule has 0 spiro atoms. The molecule has 9 nitrogen and oxygen atoms in total. The second kappa shape index (κ2) is 9.58. The molecule has 1 saturated carbocycles. The highest BCUT2D eigenvalue weighted by Gasteiger charge is 2.76. The molecular weight excluding hydrogens is 627 g/mol. The van der Waals surface area contributed by atoms with Crippen LogP contribution >= 0.6 is 39.1 Å². The van der Waals surface area contributed by atoms with Crippen LogP contribution in [0.15, 0.2) is 60.2 Å². The normalized spacial score (nSPS) is 33.0. The van der Waals surface area contributed by atoms with Crippen LogP contribution in [-0.4, -0.2) is 59.1 Å². The molecule has 2 aromatic rings. The standard InChI is InChI=1S/C28H23BrCl2N2O7/c29-13-32-25(37)27(30)11-19-16(8-9-18-21(19)24(36)33(39)23(18)35)22(28(27,31)26(32)38)17-7-6-15(10-20(17)34)40-12-14-4-2-1-3-5-14/h1-8,10,18-19,21-22,34,39H,9,11-13H2/t18-,19+,21-,22+,27+,28-/m0/s1. The van der Waals surface area contributed by atoms with Gasteiger partial charge in [0.2, 0.25) is 0 Å². The molecule has 208 valence electrons. The van der Waals surface area contributed by atoms with Crippen LogP contribution in [0.4, 0.5) is 0 Å². The van der Waals surface area contributed by atoms with Crippen LogP contribution in [0.5, 0.6) is 11.5 Å². The SMILES string of the molecule is O=C1[C@H]2[C@H](CC=C3[C@H]2C[C@@]2(Cl)C(=O)N(CBr)C(=O)[C@@]2(Cl)[C@H]3c2ccc(OCc3ccccc3)cc2O)C(=O)N1O. The fraction of sp³-hybridized carbons (Fsp3) is 0.357. The Labute approximate surface area is 247 Å². The third-order valence-corrected chi connectivity index (χ3v) is 10.5. The number of phenolic OH excluding ortho intramolecular Hbond substituents is 1. The van der Waals surface area contributed by atoms with Gasteiger partial charge >= 0.3 is 0 Å². The van der Waals surface area contributed by atoms with Crippen molar-refractivity contribution in [2.45, 2.75) is 35.1 Å². The molecule has 0 bridgehead atoms. The number of allylic oxidation sites excluding steroid dienone is 2. The van der Waals surface area contributed by atoms with Crippen LogP contribution in [0, 0.1) is 17.8 Å². The highest BCUT2D eigenvalue weighted by molar-refractivity contribution is 9.09. The number of benzene rings is 2. The van der Waals surface area contributed by atoms with Crippen molar-refractivity contribution in [2.75, 3.05) is 5.45 Å². The number of likely N-dealkylation sites (tertiary alicyclic amines) is 1. The molecule has 40 heavy (non-hydrogen) atoms. The summed E-state index contributed by atoms with van der Waals surface area (Å²) in [5, 5.41) is 21.5. The summed E-state index contributed by atoms with van der Waals surface area (Å²) < 4.78 is 5.84. The lowest BCUT2D eigenvalue weighted by atomic mass is 9.56. The molecule has 2 aliphatic heterocycles. The molecule has 0 unspecified atom stereocenters. The van der Waals surface area contributed by atoms with Crippen LogP contribution in [0.2, 0.25) is 0 Å². The van der Waals surface area contributed by atoms with E-state index in [1.54, 1.807) is 18.2 Å². The van der Waals surface area contributed by atoms with Crippen molar-refractivity contribution in [2.24, 2.45) is 17.8 Å². The number of ether oxygens (including phenoxy) is 1. The molecule has 4 amide bonds. The lowest BCUT2D eigenvalue weighted by Crippen LogP contribution is -2.60. The van der Waals surface area contributed by atoms with Crippen LogP contribution in [0.3, 0.4) is 0 Å². The smallest absolute Gasteiger partial charge is 0.257 e. The number of carbonyl (C=O) groups is 4. The molecule has 2 aromatic carbocycles. The number of halogens is 3. The van der Waals surface area contributed by atoms with E-state index in [-0.39, 0.29) is 41.3 Å². The Balaban J connectivity index is 1.46. The Bertz CT molecular complexity index is 1490. The summed E-state index contributed by atoms with van der Waals surface area (Å²) in [7, 11) is 0. The van der Waals surface area contributed by atoms with Crippen molar-refractivity contribution in [3.63, 3.8) is 0 Å². The van der Waals surface area contributed by atoms with Crippen molar-refractivity contribution >= 4 is 62.8 Å². The predicted molar refractivity (Wildman–Crippen MR) is 146 cm³/mol. The van der Waals surface area contributed by atoms with Gasteiger partial charge in [-0.25, -0.2) is 0 Å². The molecule has 12 heteroatoms. The van der Waals surface area contributed by atoms with Gasteiger partial charge in [-0.05, 0) is 30.4 Å². The van der Waals surface area contributed by atoms with E-state index < -0.39 is 57.0 Å². The van der Waals surface area contributed by atoms with E-state index in [0.717, 1.165) is 10.5 Å². The number of nitrogens with zero attached hydrogens (tertiary/aromatic N) is 2. The first-order valence-electron chi connectivity index (χ1n) is 12.6. The Morgan fingerprint density at radius 1 is 1.00 bits per heavy atom. The summed E-state index contributed by atoms with van der Waals surface area (Å²) in [5.74, 6) is -6.62. The number of hydroxylamine groups is 2. The molecular formula is C28H23BrCl2N2O7. The van der Waals surface area contributed by atoms with Gasteiger partial charge in [-0.15, -0.1) is 23.2 Å². The number of hydrogen-bond acceptors (Lipinski definition) is 7. The summed E-state index contributed by atoms with van der Waals surface area (Å²) in [6.07, 6.45) is 1.62. The maximum Gasteiger partial charge on any atom is 0.257 e. The lowest BCUT2D eigenvalue weighted by molar-refractivity contribution is -0.173. The maximum absolute atomic E-state index is 13.8. The van der Waals surface area contributed by atoms with Crippen LogP contribution < -0.4 is 4.74 Å². The summed E-state index contributed by atoms with van der Waals surface area (Å²) in [6, 6.07) is 14.0. The number of fused-ring (bicyclic) bond motifs is 4. The van der Waals surface area contributed by atoms with Gasteiger partial charge in [0.05, 0.1) is 17.3 Å². The Hall–Kier alpha value is -2.92. The van der Waals surface area contributed by atoms with Gasteiger partial charge in [-0.2, -0.15) is 5.06 Å². The molecule has 2 heterocycles. The maximum atomic E-state index is 13.8. The van der Waals surface area contributed by atoms with Crippen LogP contribution in [-0.2, 0) is 25.8 Å². The predicted octanol–water partition coefficient (Wildman–Crippen LogP) is 4.07. The first-order chi connectivity index (χ1) is 19.0. The fourth-order valence-electron chi connectivity index (χ4n) is 6.68. The zero-order valence-electron chi connectivity index (χ0n) is 20.8. The number of amides is 4. The number of phenols is 1. The molecule has 2 N–H and O–H groups in total. The quantitative estimate of drug-likeness (QED) is 0.165. The number of hydrogen-bond donors (Lipinski definition) is 2. The zero-order valence-corrected chi connectivity index (χ0v) is 23.9. The summed E-state index contributed by atoms with van der Waals surface area (Å²) in [5.41, 5.74) is 1.50. The van der Waals surface area contributed by atoms with Crippen molar-refractivity contribution < 1.29 is 34.2 Å². The first kappa shape index (κ1) is 27.3. The largest absolute Gasteiger partial charge is 0.508 e. The monoisotopic (exact) mass is 648 g/mol. The van der Waals surface area contributed by atoms with Crippen molar-refractivity contribution in [3.8, 4) is 11.5 Å². The lowest BCUT2D eigenvalue weighted by Gasteiger charge is -2.50. The highest BCUT2D eigenvalue weighted by atomic mass is 79.9. The minimum absolute atomic E-state index is 0.111. The Morgan fingerprint density at radius 2 is 1.73 bits per heavy atom. The molecule has 4 aliphatic rings. The summed E-state index contributed by atoms with van der Waals surface area (Å²) >= 11 is 17.4. The van der Waals surface area contributed by atoms with Gasteiger partial charge in [0.15, 0.2) is 9.75 Å². The number of carbonyl (C=O) groups excluding carboxylic acids is 4. The highest BCUT2D eigenvalue weighted by Crippen LogP contribution is 2.66. The Morgan fingerprint density at radius 3 is 2.40 bits per heavy atom. The number of alkyl halides is 3. The van der Waals surface area contributed by atoms with E-state index in [9.17, 15) is 29.5 Å². The van der Waals surface area contributed by atoms with E-state index in [4.69, 9.17) is 27.9 Å². The molecule has 0 aromatic heterocycles. The van der Waals surface area contributed by atoms with E-state index >= 15 is 0 Å². The Kier molecular flexibility index (Phi) is 6.53. The molecule has 3 fully saturated rings. The number of rotatable bonds is 5. The minimum Gasteiger partial charge on any atom is -0.508 e.